The summed E-state index contributed by atoms with van der Waals surface area (Å²) < 4.78 is 1.91. The number of para-hydroxylation sites is 1. The van der Waals surface area contributed by atoms with Gasteiger partial charge in [-0.05, 0) is 18.4 Å². The Balaban J connectivity index is 1.69. The van der Waals surface area contributed by atoms with Crippen LogP contribution in [0.5, 0.6) is 0 Å². The van der Waals surface area contributed by atoms with Gasteiger partial charge >= 0.3 is 0 Å². The normalized spacial score (nSPS) is 18.5. The lowest BCUT2D eigenvalue weighted by atomic mass is 9.84. The van der Waals surface area contributed by atoms with E-state index in [9.17, 15) is 5.11 Å². The van der Waals surface area contributed by atoms with Gasteiger partial charge in [-0.1, -0.05) is 50.3 Å². The van der Waals surface area contributed by atoms with Crippen LogP contribution < -0.4 is 0 Å². The summed E-state index contributed by atoms with van der Waals surface area (Å²) in [5.74, 6) is 0.716. The highest BCUT2D eigenvalue weighted by molar-refractivity contribution is 5.81. The quantitative estimate of drug-likeness (QED) is 0.925. The smallest absolute Gasteiger partial charge is 0.0728 e. The summed E-state index contributed by atoms with van der Waals surface area (Å²) in [6, 6.07) is 8.26. The van der Waals surface area contributed by atoms with E-state index in [0.29, 0.717) is 12.3 Å². The van der Waals surface area contributed by atoms with E-state index in [2.05, 4.69) is 17.2 Å². The third-order valence-corrected chi connectivity index (χ3v) is 4.59. The van der Waals surface area contributed by atoms with Crippen LogP contribution in [0.15, 0.2) is 24.3 Å². The van der Waals surface area contributed by atoms with Crippen LogP contribution in [-0.4, -0.2) is 21.0 Å². The molecule has 2 aromatic rings. The van der Waals surface area contributed by atoms with E-state index in [0.717, 1.165) is 17.6 Å². The van der Waals surface area contributed by atoms with Crippen LogP contribution >= 0.6 is 0 Å². The molecule has 1 aromatic carbocycles. The molecule has 0 aliphatic heterocycles. The van der Waals surface area contributed by atoms with Crippen molar-refractivity contribution in [3.05, 3.63) is 30.0 Å². The molecule has 1 aliphatic carbocycles. The minimum Gasteiger partial charge on any atom is -0.393 e. The number of nitrogens with zero attached hydrogens (tertiary/aromatic N) is 2. The number of hydrogen-bond acceptors (Lipinski definition) is 2. The molecule has 1 aromatic heterocycles. The molecule has 3 rings (SSSR count). The Bertz CT molecular complexity index is 569. The Hall–Kier alpha value is -1.35. The van der Waals surface area contributed by atoms with Crippen LogP contribution in [0.3, 0.4) is 0 Å². The number of aliphatic hydroxyl groups excluding tert-OH is 1. The summed E-state index contributed by atoms with van der Waals surface area (Å²) in [6.45, 7) is 0. The van der Waals surface area contributed by atoms with Gasteiger partial charge < -0.3 is 5.11 Å². The van der Waals surface area contributed by atoms with Crippen molar-refractivity contribution in [2.24, 2.45) is 13.0 Å². The molecule has 0 saturated heterocycles. The summed E-state index contributed by atoms with van der Waals surface area (Å²) in [5.41, 5.74) is 2.18. The maximum atomic E-state index is 10.4. The van der Waals surface area contributed by atoms with Gasteiger partial charge in [0.05, 0.1) is 17.3 Å². The molecule has 1 heterocycles. The Morgan fingerprint density at radius 3 is 2.80 bits per heavy atom. The van der Waals surface area contributed by atoms with Crippen molar-refractivity contribution >= 4 is 10.9 Å². The van der Waals surface area contributed by atoms with E-state index in [4.69, 9.17) is 0 Å². The average Bonchev–Trinajstić information content (AvgIpc) is 2.77. The first-order chi connectivity index (χ1) is 9.74. The zero-order chi connectivity index (χ0) is 13.9. The first-order valence-corrected chi connectivity index (χ1v) is 7.82. The van der Waals surface area contributed by atoms with Crippen molar-refractivity contribution in [3.63, 3.8) is 0 Å². The molecule has 3 heteroatoms. The number of aromatic nitrogens is 2. The number of rotatable bonds is 4. The fourth-order valence-electron chi connectivity index (χ4n) is 3.55. The van der Waals surface area contributed by atoms with Gasteiger partial charge in [-0.3, -0.25) is 4.68 Å². The third-order valence-electron chi connectivity index (χ3n) is 4.59. The van der Waals surface area contributed by atoms with Crippen LogP contribution in [0.2, 0.25) is 0 Å². The minimum absolute atomic E-state index is 0.253. The van der Waals surface area contributed by atoms with Crippen LogP contribution in [-0.2, 0) is 13.5 Å². The highest BCUT2D eigenvalue weighted by Crippen LogP contribution is 2.28. The summed E-state index contributed by atoms with van der Waals surface area (Å²) in [4.78, 5) is 0. The fraction of sp³-hybridized carbons (Fsp3) is 0.588. The number of aryl methyl sites for hydroxylation is 1. The molecule has 3 nitrogen and oxygen atoms in total. The summed E-state index contributed by atoms with van der Waals surface area (Å²) in [7, 11) is 1.97. The third kappa shape index (κ3) is 2.88. The highest BCUT2D eigenvalue weighted by atomic mass is 16.3. The molecule has 1 saturated carbocycles. The second-order valence-electron chi connectivity index (χ2n) is 6.19. The van der Waals surface area contributed by atoms with Crippen molar-refractivity contribution in [2.75, 3.05) is 0 Å². The molecule has 1 N–H and O–H groups in total. The first-order valence-electron chi connectivity index (χ1n) is 7.82. The Morgan fingerprint density at radius 1 is 1.25 bits per heavy atom. The monoisotopic (exact) mass is 272 g/mol. The molecule has 0 bridgehead atoms. The Kier molecular flexibility index (Phi) is 4.06. The molecule has 1 atom stereocenters. The number of benzene rings is 1. The lowest BCUT2D eigenvalue weighted by Crippen LogP contribution is -2.18. The molecule has 0 amide bonds. The molecule has 1 aliphatic rings. The fourth-order valence-corrected chi connectivity index (χ4v) is 3.55. The van der Waals surface area contributed by atoms with E-state index in [1.807, 2.05) is 23.9 Å². The van der Waals surface area contributed by atoms with Crippen molar-refractivity contribution < 1.29 is 5.11 Å². The van der Waals surface area contributed by atoms with E-state index in [1.165, 1.54) is 37.5 Å². The van der Waals surface area contributed by atoms with Gasteiger partial charge in [-0.2, -0.15) is 5.10 Å². The largest absolute Gasteiger partial charge is 0.393 e. The lowest BCUT2D eigenvalue weighted by Gasteiger charge is -2.23. The second kappa shape index (κ2) is 5.96. The van der Waals surface area contributed by atoms with Gasteiger partial charge in [0, 0.05) is 18.9 Å². The van der Waals surface area contributed by atoms with Crippen molar-refractivity contribution in [1.29, 1.82) is 0 Å². The molecular weight excluding hydrogens is 248 g/mol. The van der Waals surface area contributed by atoms with Gasteiger partial charge in [0.25, 0.3) is 0 Å². The summed E-state index contributed by atoms with van der Waals surface area (Å²) in [5, 5.41) is 16.1. The Labute approximate surface area is 120 Å². The van der Waals surface area contributed by atoms with Gasteiger partial charge in [0.15, 0.2) is 0 Å². The number of hydrogen-bond donors (Lipinski definition) is 1. The summed E-state index contributed by atoms with van der Waals surface area (Å²) >= 11 is 0. The molecular formula is C17H24N2O. The zero-order valence-corrected chi connectivity index (χ0v) is 12.3. The van der Waals surface area contributed by atoms with Gasteiger partial charge in [0.1, 0.15) is 0 Å². The van der Waals surface area contributed by atoms with Gasteiger partial charge in [0.2, 0.25) is 0 Å². The van der Waals surface area contributed by atoms with Gasteiger partial charge in [-0.15, -0.1) is 0 Å². The minimum atomic E-state index is -0.253. The predicted molar refractivity (Wildman–Crippen MR) is 81.6 cm³/mol. The van der Waals surface area contributed by atoms with E-state index in [1.54, 1.807) is 0 Å². The maximum absolute atomic E-state index is 10.4. The van der Waals surface area contributed by atoms with Crippen LogP contribution in [0.4, 0.5) is 0 Å². The summed E-state index contributed by atoms with van der Waals surface area (Å²) in [6.07, 6.45) is 7.99. The zero-order valence-electron chi connectivity index (χ0n) is 12.3. The van der Waals surface area contributed by atoms with Crippen LogP contribution in [0.25, 0.3) is 10.9 Å². The molecule has 20 heavy (non-hydrogen) atoms. The molecule has 1 unspecified atom stereocenters. The maximum Gasteiger partial charge on any atom is 0.0728 e. The topological polar surface area (TPSA) is 38.0 Å². The average molecular weight is 272 g/mol. The standard InChI is InChI=1S/C17H24N2O/c1-19-17-10-6-5-9-15(17)16(18-19)12-14(20)11-13-7-3-2-4-8-13/h5-6,9-10,13-14,20H,2-4,7-8,11-12H2,1H3. The molecule has 0 radical (unpaired) electrons. The predicted octanol–water partition coefficient (Wildman–Crippen LogP) is 3.45. The van der Waals surface area contributed by atoms with Crippen molar-refractivity contribution in [3.8, 4) is 0 Å². The lowest BCUT2D eigenvalue weighted by molar-refractivity contribution is 0.129. The second-order valence-corrected chi connectivity index (χ2v) is 6.19. The molecule has 108 valence electrons. The highest BCUT2D eigenvalue weighted by Gasteiger charge is 2.19. The van der Waals surface area contributed by atoms with Crippen LogP contribution in [0, 0.1) is 5.92 Å². The van der Waals surface area contributed by atoms with Crippen molar-refractivity contribution in [1.82, 2.24) is 9.78 Å². The van der Waals surface area contributed by atoms with E-state index >= 15 is 0 Å². The number of fused-ring (bicyclic) bond motifs is 1. The van der Waals surface area contributed by atoms with Crippen molar-refractivity contribution in [2.45, 2.75) is 51.0 Å². The number of aliphatic hydroxyl groups is 1. The SMILES string of the molecule is Cn1nc(CC(O)CC2CCCCC2)c2ccccc21. The van der Waals surface area contributed by atoms with E-state index in [-0.39, 0.29) is 6.10 Å². The van der Waals surface area contributed by atoms with Crippen LogP contribution in [0.1, 0.15) is 44.2 Å². The van der Waals surface area contributed by atoms with E-state index < -0.39 is 0 Å². The van der Waals surface area contributed by atoms with Gasteiger partial charge in [-0.25, -0.2) is 0 Å². The Morgan fingerprint density at radius 2 is 2.00 bits per heavy atom. The molecule has 1 fully saturated rings. The first kappa shape index (κ1) is 13.6. The molecule has 0 spiro atoms.